The Bertz CT molecular complexity index is 1260. The highest BCUT2D eigenvalue weighted by molar-refractivity contribution is 7.92. The van der Waals surface area contributed by atoms with Gasteiger partial charge in [-0.25, -0.2) is 17.8 Å². The van der Waals surface area contributed by atoms with Gasteiger partial charge in [-0.05, 0) is 35.9 Å². The van der Waals surface area contributed by atoms with Crippen molar-refractivity contribution < 1.29 is 17.6 Å². The normalized spacial score (nSPS) is 16.1. The molecule has 0 fully saturated rings. The first kappa shape index (κ1) is 20.7. The Hall–Kier alpha value is -3.52. The highest BCUT2D eigenvalue weighted by atomic mass is 32.2. The molecule has 0 bridgehead atoms. The van der Waals surface area contributed by atoms with E-state index in [9.17, 15) is 17.6 Å². The second kappa shape index (κ2) is 8.31. The standard InChI is InChI=1S/C23H20FN3O3S/c1-16(28)27-23(17-8-7-9-18(24)14-17)15-22(25-27)20-12-5-6-13-21(20)26-31(29,30)19-10-3-2-4-11-19/h2-14,23,26H,15H2,1H3. The highest BCUT2D eigenvalue weighted by Crippen LogP contribution is 2.35. The minimum atomic E-state index is -3.80. The number of amides is 1. The van der Waals surface area contributed by atoms with E-state index in [0.717, 1.165) is 0 Å². The number of sulfonamides is 1. The van der Waals surface area contributed by atoms with Crippen LogP contribution in [0.5, 0.6) is 0 Å². The van der Waals surface area contributed by atoms with E-state index in [0.29, 0.717) is 28.9 Å². The molecule has 4 rings (SSSR count). The number of carbonyl (C=O) groups excluding carboxylic acids is 1. The van der Waals surface area contributed by atoms with Gasteiger partial charge in [-0.3, -0.25) is 9.52 Å². The lowest BCUT2D eigenvalue weighted by Gasteiger charge is -2.20. The van der Waals surface area contributed by atoms with Crippen LogP contribution < -0.4 is 4.72 Å². The van der Waals surface area contributed by atoms with Crippen molar-refractivity contribution in [1.82, 2.24) is 5.01 Å². The number of para-hydroxylation sites is 1. The first-order valence-corrected chi connectivity index (χ1v) is 11.1. The highest BCUT2D eigenvalue weighted by Gasteiger charge is 2.32. The van der Waals surface area contributed by atoms with Gasteiger partial charge in [0, 0.05) is 18.9 Å². The third-order valence-electron chi connectivity index (χ3n) is 5.00. The molecule has 0 spiro atoms. The summed E-state index contributed by atoms with van der Waals surface area (Å²) in [7, 11) is -3.80. The average Bonchev–Trinajstić information content (AvgIpc) is 3.20. The molecular weight excluding hydrogens is 417 g/mol. The summed E-state index contributed by atoms with van der Waals surface area (Å²) in [6.45, 7) is 1.39. The molecule has 1 aliphatic heterocycles. The van der Waals surface area contributed by atoms with Crippen LogP contribution in [-0.4, -0.2) is 25.0 Å². The molecule has 1 aliphatic rings. The van der Waals surface area contributed by atoms with Crippen LogP contribution in [0, 0.1) is 5.82 Å². The molecule has 158 valence electrons. The number of halogens is 1. The molecule has 1 amide bonds. The van der Waals surface area contributed by atoms with Gasteiger partial charge >= 0.3 is 0 Å². The summed E-state index contributed by atoms with van der Waals surface area (Å²) in [5.74, 6) is -0.683. The summed E-state index contributed by atoms with van der Waals surface area (Å²) in [5, 5.41) is 5.76. The molecular formula is C23H20FN3O3S. The molecule has 31 heavy (non-hydrogen) atoms. The number of hydrogen-bond donors (Lipinski definition) is 1. The smallest absolute Gasteiger partial charge is 0.261 e. The van der Waals surface area contributed by atoms with Crippen LogP contribution in [0.4, 0.5) is 10.1 Å². The summed E-state index contributed by atoms with van der Waals surface area (Å²) < 4.78 is 42.0. The monoisotopic (exact) mass is 437 g/mol. The lowest BCUT2D eigenvalue weighted by atomic mass is 9.97. The number of benzene rings is 3. The number of hydrogen-bond acceptors (Lipinski definition) is 4. The quantitative estimate of drug-likeness (QED) is 0.646. The van der Waals surface area contributed by atoms with E-state index in [2.05, 4.69) is 9.82 Å². The summed E-state index contributed by atoms with van der Waals surface area (Å²) in [4.78, 5) is 12.3. The van der Waals surface area contributed by atoms with Crippen molar-refractivity contribution in [1.29, 1.82) is 0 Å². The summed E-state index contributed by atoms with van der Waals surface area (Å²) in [5.41, 5.74) is 2.08. The molecule has 3 aromatic carbocycles. The molecule has 1 heterocycles. The summed E-state index contributed by atoms with van der Waals surface area (Å²) >= 11 is 0. The Balaban J connectivity index is 1.69. The predicted molar refractivity (Wildman–Crippen MR) is 117 cm³/mol. The Morgan fingerprint density at radius 1 is 1.03 bits per heavy atom. The van der Waals surface area contributed by atoms with E-state index in [4.69, 9.17) is 0 Å². The van der Waals surface area contributed by atoms with Crippen LogP contribution in [0.3, 0.4) is 0 Å². The van der Waals surface area contributed by atoms with Gasteiger partial charge in [0.1, 0.15) is 5.82 Å². The van der Waals surface area contributed by atoms with Crippen LogP contribution in [0.15, 0.2) is 88.9 Å². The van der Waals surface area contributed by atoms with Gasteiger partial charge < -0.3 is 0 Å². The van der Waals surface area contributed by atoms with Crippen LogP contribution in [0.25, 0.3) is 0 Å². The zero-order valence-electron chi connectivity index (χ0n) is 16.7. The van der Waals surface area contributed by atoms with E-state index in [1.54, 1.807) is 54.6 Å². The van der Waals surface area contributed by atoms with Crippen molar-refractivity contribution in [3.63, 3.8) is 0 Å². The number of anilines is 1. The summed E-state index contributed by atoms with van der Waals surface area (Å²) in [6, 6.07) is 20.5. The number of nitrogens with one attached hydrogen (secondary N) is 1. The number of carbonyl (C=O) groups is 1. The van der Waals surface area contributed by atoms with Gasteiger partial charge in [-0.2, -0.15) is 5.10 Å². The van der Waals surface area contributed by atoms with Crippen molar-refractivity contribution in [2.75, 3.05) is 4.72 Å². The molecule has 6 nitrogen and oxygen atoms in total. The van der Waals surface area contributed by atoms with Crippen LogP contribution in [0.2, 0.25) is 0 Å². The third kappa shape index (κ3) is 4.34. The molecule has 8 heteroatoms. The molecule has 0 saturated heterocycles. The van der Waals surface area contributed by atoms with Crippen molar-refractivity contribution in [3.05, 3.63) is 95.8 Å². The lowest BCUT2D eigenvalue weighted by molar-refractivity contribution is -0.130. The van der Waals surface area contributed by atoms with Crippen molar-refractivity contribution in [2.45, 2.75) is 24.3 Å². The second-order valence-corrected chi connectivity index (χ2v) is 8.83. The number of rotatable bonds is 5. The van der Waals surface area contributed by atoms with E-state index in [1.165, 1.54) is 36.2 Å². The van der Waals surface area contributed by atoms with Gasteiger partial charge in [-0.1, -0.05) is 48.5 Å². The van der Waals surface area contributed by atoms with Crippen LogP contribution >= 0.6 is 0 Å². The zero-order valence-corrected chi connectivity index (χ0v) is 17.5. The van der Waals surface area contributed by atoms with Gasteiger partial charge in [0.05, 0.1) is 22.3 Å². The van der Waals surface area contributed by atoms with E-state index >= 15 is 0 Å². The maximum Gasteiger partial charge on any atom is 0.261 e. The summed E-state index contributed by atoms with van der Waals surface area (Å²) in [6.07, 6.45) is 0.326. The van der Waals surface area contributed by atoms with Crippen molar-refractivity contribution in [2.24, 2.45) is 5.10 Å². The SMILES string of the molecule is CC(=O)N1N=C(c2ccccc2NS(=O)(=O)c2ccccc2)CC1c1cccc(F)c1. The molecule has 0 aliphatic carbocycles. The maximum absolute atomic E-state index is 13.8. The van der Waals surface area contributed by atoms with Crippen molar-refractivity contribution in [3.8, 4) is 0 Å². The minimum absolute atomic E-state index is 0.140. The first-order chi connectivity index (χ1) is 14.8. The fourth-order valence-electron chi connectivity index (χ4n) is 3.56. The molecule has 1 N–H and O–H groups in total. The number of nitrogens with zero attached hydrogens (tertiary/aromatic N) is 2. The van der Waals surface area contributed by atoms with E-state index < -0.39 is 21.9 Å². The van der Waals surface area contributed by atoms with E-state index in [1.807, 2.05) is 0 Å². The lowest BCUT2D eigenvalue weighted by Crippen LogP contribution is -2.24. The fraction of sp³-hybridized carbons (Fsp3) is 0.130. The van der Waals surface area contributed by atoms with E-state index in [-0.39, 0.29) is 10.8 Å². The van der Waals surface area contributed by atoms with Crippen molar-refractivity contribution >= 4 is 27.3 Å². The molecule has 3 aromatic rings. The topological polar surface area (TPSA) is 78.8 Å². The van der Waals surface area contributed by atoms with Gasteiger partial charge in [0.2, 0.25) is 5.91 Å². The Kier molecular flexibility index (Phi) is 5.56. The maximum atomic E-state index is 13.8. The van der Waals surface area contributed by atoms with Gasteiger partial charge in [0.15, 0.2) is 0 Å². The second-order valence-electron chi connectivity index (χ2n) is 7.15. The Labute approximate surface area is 180 Å². The zero-order chi connectivity index (χ0) is 22.0. The molecule has 0 saturated carbocycles. The average molecular weight is 437 g/mol. The fourth-order valence-corrected chi connectivity index (χ4v) is 4.66. The third-order valence-corrected chi connectivity index (χ3v) is 6.38. The molecule has 0 aromatic heterocycles. The number of hydrazone groups is 1. The molecule has 0 radical (unpaired) electrons. The van der Waals surface area contributed by atoms with Crippen LogP contribution in [0.1, 0.15) is 30.5 Å². The Morgan fingerprint density at radius 3 is 2.45 bits per heavy atom. The largest absolute Gasteiger partial charge is 0.279 e. The molecule has 1 atom stereocenters. The van der Waals surface area contributed by atoms with Gasteiger partial charge in [-0.15, -0.1) is 0 Å². The molecule has 1 unspecified atom stereocenters. The first-order valence-electron chi connectivity index (χ1n) is 9.65. The minimum Gasteiger partial charge on any atom is -0.279 e. The Morgan fingerprint density at radius 2 is 1.74 bits per heavy atom. The predicted octanol–water partition coefficient (Wildman–Crippen LogP) is 4.32. The van der Waals surface area contributed by atoms with Crippen LogP contribution in [-0.2, 0) is 14.8 Å². The van der Waals surface area contributed by atoms with Gasteiger partial charge in [0.25, 0.3) is 10.0 Å².